The molecule has 4 rings (SSSR count). The Bertz CT molecular complexity index is 1020. The Morgan fingerprint density at radius 3 is 2.75 bits per heavy atom. The smallest absolute Gasteiger partial charge is 0.307 e. The van der Waals surface area contributed by atoms with Crippen LogP contribution in [0.25, 0.3) is 11.0 Å². The number of morpholine rings is 1. The molecule has 0 saturated carbocycles. The number of benzene rings is 1. The van der Waals surface area contributed by atoms with E-state index in [4.69, 9.17) is 9.37 Å². The lowest BCUT2D eigenvalue weighted by atomic mass is 10.2. The predicted octanol–water partition coefficient (Wildman–Crippen LogP) is 1.36. The Balaban J connectivity index is 1.56. The van der Waals surface area contributed by atoms with Crippen LogP contribution in [-0.4, -0.2) is 57.2 Å². The van der Waals surface area contributed by atoms with Gasteiger partial charge < -0.3 is 15.0 Å². The molecule has 2 aromatic heterocycles. The van der Waals surface area contributed by atoms with Crippen molar-refractivity contribution >= 4 is 34.0 Å². The number of nitro groups is 1. The van der Waals surface area contributed by atoms with Crippen LogP contribution in [0.15, 0.2) is 29.2 Å². The molecule has 0 aliphatic carbocycles. The van der Waals surface area contributed by atoms with Crippen molar-refractivity contribution in [3.8, 4) is 0 Å². The number of carbonyl (C=O) groups excluding carboxylic acids is 1. The molecule has 1 aliphatic rings. The average molecular weight is 387 g/mol. The quantitative estimate of drug-likeness (QED) is 0.507. The maximum Gasteiger partial charge on any atom is 0.307 e. The van der Waals surface area contributed by atoms with E-state index in [9.17, 15) is 14.9 Å². The van der Waals surface area contributed by atoms with Crippen LogP contribution < -0.4 is 10.2 Å². The van der Waals surface area contributed by atoms with E-state index in [0.717, 1.165) is 25.0 Å². The number of hydrogen-bond donors (Lipinski definition) is 1. The molecule has 12 heteroatoms. The van der Waals surface area contributed by atoms with Crippen LogP contribution in [0.5, 0.6) is 0 Å². The number of anilines is 2. The minimum Gasteiger partial charge on any atom is -0.378 e. The number of nitrogens with one attached hydrogen (secondary N) is 1. The van der Waals surface area contributed by atoms with E-state index in [0.29, 0.717) is 29.9 Å². The molecule has 1 aromatic carbocycles. The molecule has 0 radical (unpaired) electrons. The van der Waals surface area contributed by atoms with Crippen LogP contribution in [0.3, 0.4) is 0 Å². The number of hydrogen-bond acceptors (Lipinski definition) is 9. The summed E-state index contributed by atoms with van der Waals surface area (Å²) in [7, 11) is 0. The molecule has 1 N–H and O–H groups in total. The van der Waals surface area contributed by atoms with Gasteiger partial charge in [0, 0.05) is 13.1 Å². The molecule has 1 fully saturated rings. The Labute approximate surface area is 158 Å². The van der Waals surface area contributed by atoms with Crippen molar-refractivity contribution in [3.05, 3.63) is 34.6 Å². The molecule has 1 atom stereocenters. The maximum absolute atomic E-state index is 12.6. The van der Waals surface area contributed by atoms with Crippen LogP contribution in [0.2, 0.25) is 0 Å². The Morgan fingerprint density at radius 1 is 1.29 bits per heavy atom. The first-order valence-electron chi connectivity index (χ1n) is 8.62. The van der Waals surface area contributed by atoms with Gasteiger partial charge in [-0.15, -0.1) is 0 Å². The van der Waals surface area contributed by atoms with Crippen LogP contribution in [0.1, 0.15) is 13.0 Å². The molecule has 1 aliphatic heterocycles. The Morgan fingerprint density at radius 2 is 2.04 bits per heavy atom. The minimum atomic E-state index is -0.762. The molecule has 3 heterocycles. The molecule has 3 aromatic rings. The van der Waals surface area contributed by atoms with Gasteiger partial charge in [-0.25, -0.2) is 4.63 Å². The van der Waals surface area contributed by atoms with Crippen LogP contribution in [0.4, 0.5) is 17.1 Å². The van der Waals surface area contributed by atoms with Gasteiger partial charge in [0.15, 0.2) is 11.0 Å². The highest BCUT2D eigenvalue weighted by molar-refractivity contribution is 6.03. The molecule has 0 spiro atoms. The number of ether oxygens (including phenoxy) is 1. The van der Waals surface area contributed by atoms with Crippen LogP contribution in [0, 0.1) is 10.1 Å². The lowest BCUT2D eigenvalue weighted by molar-refractivity contribution is -0.385. The second-order valence-corrected chi connectivity index (χ2v) is 6.29. The molecule has 0 unspecified atom stereocenters. The van der Waals surface area contributed by atoms with Crippen molar-refractivity contribution in [2.75, 3.05) is 36.5 Å². The molecule has 28 heavy (non-hydrogen) atoms. The number of fused-ring (bicyclic) bond motifs is 1. The van der Waals surface area contributed by atoms with E-state index in [1.54, 1.807) is 13.0 Å². The fourth-order valence-corrected chi connectivity index (χ4v) is 3.01. The van der Waals surface area contributed by atoms with E-state index < -0.39 is 16.9 Å². The normalized spacial score (nSPS) is 15.5. The Hall–Kier alpha value is -3.54. The third-order valence-electron chi connectivity index (χ3n) is 4.58. The van der Waals surface area contributed by atoms with Crippen LogP contribution in [-0.2, 0) is 9.53 Å². The second kappa shape index (κ2) is 7.23. The summed E-state index contributed by atoms with van der Waals surface area (Å²) in [6.07, 6.45) is 2.31. The highest BCUT2D eigenvalue weighted by Gasteiger charge is 2.23. The van der Waals surface area contributed by atoms with Gasteiger partial charge in [-0.3, -0.25) is 19.6 Å². The highest BCUT2D eigenvalue weighted by atomic mass is 16.6. The first-order chi connectivity index (χ1) is 13.5. The molecule has 0 bridgehead atoms. The van der Waals surface area contributed by atoms with E-state index in [1.165, 1.54) is 10.9 Å². The topological polar surface area (TPSA) is 141 Å². The number of amides is 1. The summed E-state index contributed by atoms with van der Waals surface area (Å²) in [5.74, 6) is -0.401. The zero-order valence-electron chi connectivity index (χ0n) is 14.9. The number of aromatic nitrogens is 4. The summed E-state index contributed by atoms with van der Waals surface area (Å²) in [6, 6.07) is 2.81. The first-order valence-corrected chi connectivity index (χ1v) is 8.62. The van der Waals surface area contributed by atoms with Crippen molar-refractivity contribution in [1.29, 1.82) is 0 Å². The monoisotopic (exact) mass is 387 g/mol. The standard InChI is InChI=1S/C16H17N7O5/c1-10(22-9-11(8-17-22)23(25)26)16(24)18-12-2-3-13(15-14(12)19-28-20-15)21-4-6-27-7-5-21/h2-3,8-10H,4-7H2,1H3,(H,18,24)/t10-/m1/s1. The van der Waals surface area contributed by atoms with Gasteiger partial charge in [0.2, 0.25) is 5.91 Å². The van der Waals surface area contributed by atoms with E-state index in [-0.39, 0.29) is 5.69 Å². The largest absolute Gasteiger partial charge is 0.378 e. The first kappa shape index (κ1) is 17.9. The predicted molar refractivity (Wildman–Crippen MR) is 97.1 cm³/mol. The molecular weight excluding hydrogens is 370 g/mol. The summed E-state index contributed by atoms with van der Waals surface area (Å²) in [6.45, 7) is 4.29. The zero-order valence-corrected chi connectivity index (χ0v) is 14.9. The van der Waals surface area contributed by atoms with Gasteiger partial charge in [-0.05, 0) is 29.4 Å². The van der Waals surface area contributed by atoms with Crippen LogP contribution >= 0.6 is 0 Å². The summed E-state index contributed by atoms with van der Waals surface area (Å²) >= 11 is 0. The number of nitrogens with zero attached hydrogens (tertiary/aromatic N) is 6. The average Bonchev–Trinajstić information content (AvgIpc) is 3.38. The van der Waals surface area contributed by atoms with Crippen molar-refractivity contribution in [2.24, 2.45) is 0 Å². The summed E-state index contributed by atoms with van der Waals surface area (Å²) in [5, 5.41) is 25.3. The molecular formula is C16H17N7O5. The zero-order chi connectivity index (χ0) is 19.7. The third kappa shape index (κ3) is 3.24. The van der Waals surface area contributed by atoms with Gasteiger partial charge >= 0.3 is 5.69 Å². The summed E-state index contributed by atoms with van der Waals surface area (Å²) in [4.78, 5) is 24.9. The Kier molecular flexibility index (Phi) is 4.61. The lowest BCUT2D eigenvalue weighted by Gasteiger charge is -2.28. The van der Waals surface area contributed by atoms with Gasteiger partial charge in [-0.1, -0.05) is 0 Å². The summed E-state index contributed by atoms with van der Waals surface area (Å²) < 4.78 is 11.5. The summed E-state index contributed by atoms with van der Waals surface area (Å²) in [5.41, 5.74) is 2.08. The molecule has 12 nitrogen and oxygen atoms in total. The SMILES string of the molecule is C[C@H](C(=O)Nc1ccc(N2CCOCC2)c2nonc12)n1cc([N+](=O)[O-])cn1. The van der Waals surface area contributed by atoms with E-state index in [1.807, 2.05) is 6.07 Å². The van der Waals surface area contributed by atoms with Gasteiger partial charge in [-0.2, -0.15) is 5.10 Å². The van der Waals surface area contributed by atoms with Crippen molar-refractivity contribution in [2.45, 2.75) is 13.0 Å². The number of carbonyl (C=O) groups is 1. The molecule has 146 valence electrons. The van der Waals surface area contributed by atoms with Crippen molar-refractivity contribution in [3.63, 3.8) is 0 Å². The molecule has 1 amide bonds. The maximum atomic E-state index is 12.6. The second-order valence-electron chi connectivity index (χ2n) is 6.29. The van der Waals surface area contributed by atoms with E-state index in [2.05, 4.69) is 25.6 Å². The number of rotatable bonds is 5. The third-order valence-corrected chi connectivity index (χ3v) is 4.58. The minimum absolute atomic E-state index is 0.183. The highest BCUT2D eigenvalue weighted by Crippen LogP contribution is 2.31. The van der Waals surface area contributed by atoms with Gasteiger partial charge in [0.1, 0.15) is 18.4 Å². The lowest BCUT2D eigenvalue weighted by Crippen LogP contribution is -2.36. The fourth-order valence-electron chi connectivity index (χ4n) is 3.01. The molecule has 1 saturated heterocycles. The fraction of sp³-hybridized carbons (Fsp3) is 0.375. The van der Waals surface area contributed by atoms with Crippen molar-refractivity contribution < 1.29 is 19.1 Å². The van der Waals surface area contributed by atoms with Crippen molar-refractivity contribution in [1.82, 2.24) is 20.1 Å². The van der Waals surface area contributed by atoms with Gasteiger partial charge in [0.05, 0.1) is 29.5 Å². The van der Waals surface area contributed by atoms with E-state index >= 15 is 0 Å². The van der Waals surface area contributed by atoms with Gasteiger partial charge in [0.25, 0.3) is 0 Å².